The molecule has 0 aromatic heterocycles. The molecule has 20 heavy (non-hydrogen) atoms. The van der Waals surface area contributed by atoms with Crippen LogP contribution in [-0.2, 0) is 0 Å². The quantitative estimate of drug-likeness (QED) is 0.500. The fraction of sp³-hybridized carbons (Fsp3) is 0. The van der Waals surface area contributed by atoms with Crippen LogP contribution < -0.4 is 10.7 Å². The zero-order valence-electron chi connectivity index (χ0n) is 10.3. The summed E-state index contributed by atoms with van der Waals surface area (Å²) in [7, 11) is 0. The summed E-state index contributed by atoms with van der Waals surface area (Å²) in [4.78, 5) is 0. The van der Waals surface area contributed by atoms with E-state index < -0.39 is 0 Å². The molecular formula is C14H11BrFN3S. The van der Waals surface area contributed by atoms with Crippen LogP contribution in [0.2, 0.25) is 0 Å². The smallest absolute Gasteiger partial charge is 0.191 e. The number of nitrogens with one attached hydrogen (secondary N) is 2. The maximum absolute atomic E-state index is 12.7. The van der Waals surface area contributed by atoms with Crippen LogP contribution in [0.25, 0.3) is 0 Å². The first-order valence-electron chi connectivity index (χ1n) is 5.75. The first kappa shape index (κ1) is 14.6. The van der Waals surface area contributed by atoms with Crippen molar-refractivity contribution in [2.45, 2.75) is 0 Å². The van der Waals surface area contributed by atoms with Crippen LogP contribution in [0, 0.1) is 5.82 Å². The molecule has 2 aromatic carbocycles. The van der Waals surface area contributed by atoms with E-state index in [0.717, 1.165) is 15.7 Å². The molecule has 3 nitrogen and oxygen atoms in total. The molecular weight excluding hydrogens is 341 g/mol. The van der Waals surface area contributed by atoms with Crippen LogP contribution in [0.15, 0.2) is 58.1 Å². The molecule has 102 valence electrons. The van der Waals surface area contributed by atoms with E-state index in [9.17, 15) is 4.39 Å². The summed E-state index contributed by atoms with van der Waals surface area (Å²) >= 11 is 8.48. The minimum Gasteiger partial charge on any atom is -0.331 e. The highest BCUT2D eigenvalue weighted by atomic mass is 79.9. The van der Waals surface area contributed by atoms with Crippen molar-refractivity contribution in [3.63, 3.8) is 0 Å². The third-order valence-corrected chi connectivity index (χ3v) is 3.02. The molecule has 0 saturated heterocycles. The van der Waals surface area contributed by atoms with E-state index in [2.05, 4.69) is 31.8 Å². The topological polar surface area (TPSA) is 36.4 Å². The standard InChI is InChI=1S/C14H11BrFN3S/c15-11-2-1-3-13(8-11)18-14(20)19-17-9-10-4-6-12(16)7-5-10/h1-9H,(H2,18,19,20)/b17-9-. The molecule has 0 aliphatic heterocycles. The molecule has 2 N–H and O–H groups in total. The van der Waals surface area contributed by atoms with Crippen LogP contribution in [0.1, 0.15) is 5.56 Å². The number of halogens is 2. The first-order chi connectivity index (χ1) is 9.63. The Morgan fingerprint density at radius 3 is 2.65 bits per heavy atom. The van der Waals surface area contributed by atoms with Gasteiger partial charge in [0.05, 0.1) is 6.21 Å². The van der Waals surface area contributed by atoms with Gasteiger partial charge in [0.2, 0.25) is 0 Å². The summed E-state index contributed by atoms with van der Waals surface area (Å²) in [5, 5.41) is 7.35. The molecule has 0 aliphatic carbocycles. The molecule has 0 spiro atoms. The zero-order chi connectivity index (χ0) is 14.4. The molecule has 0 fully saturated rings. The van der Waals surface area contributed by atoms with Gasteiger partial charge in [0.25, 0.3) is 0 Å². The van der Waals surface area contributed by atoms with E-state index in [1.54, 1.807) is 18.3 Å². The summed E-state index contributed by atoms with van der Waals surface area (Å²) < 4.78 is 13.7. The van der Waals surface area contributed by atoms with Crippen LogP contribution >= 0.6 is 28.1 Å². The van der Waals surface area contributed by atoms with E-state index >= 15 is 0 Å². The lowest BCUT2D eigenvalue weighted by Gasteiger charge is -2.06. The van der Waals surface area contributed by atoms with Gasteiger partial charge in [0.15, 0.2) is 5.11 Å². The van der Waals surface area contributed by atoms with Gasteiger partial charge in [0, 0.05) is 10.2 Å². The minimum atomic E-state index is -0.276. The Labute approximate surface area is 130 Å². The van der Waals surface area contributed by atoms with Crippen molar-refractivity contribution in [3.05, 3.63) is 64.4 Å². The number of benzene rings is 2. The summed E-state index contributed by atoms with van der Waals surface area (Å²) in [6.45, 7) is 0. The Bertz CT molecular complexity index is 629. The zero-order valence-corrected chi connectivity index (χ0v) is 12.7. The van der Waals surface area contributed by atoms with Crippen LogP contribution in [0.5, 0.6) is 0 Å². The second-order valence-corrected chi connectivity index (χ2v) is 5.21. The van der Waals surface area contributed by atoms with Crippen molar-refractivity contribution < 1.29 is 4.39 Å². The normalized spacial score (nSPS) is 10.5. The molecule has 0 radical (unpaired) electrons. The Morgan fingerprint density at radius 2 is 1.95 bits per heavy atom. The number of thiocarbonyl (C=S) groups is 1. The number of nitrogens with zero attached hydrogens (tertiary/aromatic N) is 1. The third kappa shape index (κ3) is 4.71. The van der Waals surface area contributed by atoms with Crippen molar-refractivity contribution in [1.82, 2.24) is 5.43 Å². The molecule has 0 bridgehead atoms. The molecule has 0 unspecified atom stereocenters. The van der Waals surface area contributed by atoms with Gasteiger partial charge in [-0.3, -0.25) is 5.43 Å². The van der Waals surface area contributed by atoms with E-state index in [4.69, 9.17) is 12.2 Å². The lowest BCUT2D eigenvalue weighted by molar-refractivity contribution is 0.628. The van der Waals surface area contributed by atoms with Crippen molar-refractivity contribution in [3.8, 4) is 0 Å². The number of hydrogen-bond acceptors (Lipinski definition) is 2. The highest BCUT2D eigenvalue weighted by Crippen LogP contribution is 2.15. The van der Waals surface area contributed by atoms with Gasteiger partial charge >= 0.3 is 0 Å². The molecule has 0 heterocycles. The maximum Gasteiger partial charge on any atom is 0.191 e. The van der Waals surface area contributed by atoms with Crippen LogP contribution in [0.3, 0.4) is 0 Å². The van der Waals surface area contributed by atoms with Crippen molar-refractivity contribution in [2.24, 2.45) is 5.10 Å². The molecule has 0 atom stereocenters. The predicted octanol–water partition coefficient (Wildman–Crippen LogP) is 3.91. The van der Waals surface area contributed by atoms with E-state index in [-0.39, 0.29) is 5.82 Å². The molecule has 0 amide bonds. The Morgan fingerprint density at radius 1 is 1.20 bits per heavy atom. The lowest BCUT2D eigenvalue weighted by atomic mass is 10.2. The second-order valence-electron chi connectivity index (χ2n) is 3.89. The van der Waals surface area contributed by atoms with Gasteiger partial charge in [-0.2, -0.15) is 5.10 Å². The van der Waals surface area contributed by atoms with Gasteiger partial charge in [0.1, 0.15) is 5.82 Å². The number of hydrogen-bond donors (Lipinski definition) is 2. The largest absolute Gasteiger partial charge is 0.331 e. The summed E-state index contributed by atoms with van der Waals surface area (Å²) in [5.74, 6) is -0.276. The highest BCUT2D eigenvalue weighted by molar-refractivity contribution is 9.10. The molecule has 0 aliphatic rings. The van der Waals surface area contributed by atoms with E-state index in [1.165, 1.54) is 12.1 Å². The summed E-state index contributed by atoms with van der Waals surface area (Å²) in [6.07, 6.45) is 1.56. The van der Waals surface area contributed by atoms with Crippen LogP contribution in [0.4, 0.5) is 10.1 Å². The predicted molar refractivity (Wildman–Crippen MR) is 87.5 cm³/mol. The fourth-order valence-electron chi connectivity index (χ4n) is 1.44. The monoisotopic (exact) mass is 351 g/mol. The molecule has 2 rings (SSSR count). The van der Waals surface area contributed by atoms with Gasteiger partial charge in [-0.05, 0) is 48.1 Å². The Balaban J connectivity index is 1.87. The van der Waals surface area contributed by atoms with E-state index in [1.807, 2.05) is 24.3 Å². The van der Waals surface area contributed by atoms with Gasteiger partial charge in [-0.15, -0.1) is 0 Å². The third-order valence-electron chi connectivity index (χ3n) is 2.33. The average molecular weight is 352 g/mol. The maximum atomic E-state index is 12.7. The highest BCUT2D eigenvalue weighted by Gasteiger charge is 1.96. The van der Waals surface area contributed by atoms with Gasteiger partial charge in [-0.25, -0.2) is 4.39 Å². The van der Waals surface area contributed by atoms with Crippen molar-refractivity contribution >= 4 is 45.2 Å². The average Bonchev–Trinajstić information content (AvgIpc) is 2.41. The first-order valence-corrected chi connectivity index (χ1v) is 6.95. The van der Waals surface area contributed by atoms with Crippen molar-refractivity contribution in [2.75, 3.05) is 5.32 Å². The van der Waals surface area contributed by atoms with E-state index in [0.29, 0.717) is 5.11 Å². The van der Waals surface area contributed by atoms with Crippen molar-refractivity contribution in [1.29, 1.82) is 0 Å². The Hall–Kier alpha value is -1.79. The summed E-state index contributed by atoms with van der Waals surface area (Å²) in [6, 6.07) is 13.6. The molecule has 2 aromatic rings. The Kier molecular flexibility index (Phi) is 5.20. The fourth-order valence-corrected chi connectivity index (χ4v) is 2.01. The number of rotatable bonds is 3. The summed E-state index contributed by atoms with van der Waals surface area (Å²) in [5.41, 5.74) is 4.33. The van der Waals surface area contributed by atoms with Gasteiger partial charge < -0.3 is 5.32 Å². The lowest BCUT2D eigenvalue weighted by Crippen LogP contribution is -2.23. The SMILES string of the molecule is Fc1ccc(/C=N\NC(=S)Nc2cccc(Br)c2)cc1. The van der Waals surface area contributed by atoms with Crippen LogP contribution in [-0.4, -0.2) is 11.3 Å². The molecule has 0 saturated carbocycles. The van der Waals surface area contributed by atoms with Gasteiger partial charge in [-0.1, -0.05) is 34.1 Å². The minimum absolute atomic E-state index is 0.276. The number of anilines is 1. The molecule has 6 heteroatoms. The second kappa shape index (κ2) is 7.12. The number of hydrazone groups is 1.